The van der Waals surface area contributed by atoms with Crippen molar-refractivity contribution in [2.45, 2.75) is 51.4 Å². The van der Waals surface area contributed by atoms with Gasteiger partial charge in [-0.15, -0.1) is 0 Å². The van der Waals surface area contributed by atoms with E-state index in [-0.39, 0.29) is 0 Å². The van der Waals surface area contributed by atoms with Crippen molar-refractivity contribution in [3.8, 4) is 0 Å². The zero-order valence-electron chi connectivity index (χ0n) is 12.6. The average molecular weight is 281 g/mol. The number of aromatic nitrogens is 2. The molecule has 1 saturated carbocycles. The van der Waals surface area contributed by atoms with Crippen molar-refractivity contribution in [2.75, 3.05) is 13.2 Å². The van der Waals surface area contributed by atoms with Crippen LogP contribution >= 0.6 is 0 Å². The molecule has 2 N–H and O–H groups in total. The Bertz CT molecular complexity index is 386. The van der Waals surface area contributed by atoms with E-state index < -0.39 is 6.10 Å². The Morgan fingerprint density at radius 2 is 2.20 bits per heavy atom. The molecule has 0 aromatic carbocycles. The third kappa shape index (κ3) is 4.89. The topological polar surface area (TPSA) is 59.3 Å². The standard InChI is InChI=1S/C15H27N3O2/c1-12-3-5-15(6-4-12)20-11-14(19)10-16-9-13-7-8-17-18(13)2/h7-8,12,14-16,19H,3-6,9-11H2,1-2H3. The molecule has 0 aliphatic heterocycles. The Hall–Kier alpha value is -0.910. The molecule has 1 heterocycles. The molecular formula is C15H27N3O2. The minimum atomic E-state index is -0.442. The maximum absolute atomic E-state index is 9.92. The summed E-state index contributed by atoms with van der Waals surface area (Å²) >= 11 is 0. The first kappa shape index (κ1) is 15.5. The number of nitrogens with zero attached hydrogens (tertiary/aromatic N) is 2. The summed E-state index contributed by atoms with van der Waals surface area (Å²) in [5.74, 6) is 0.834. The fourth-order valence-electron chi connectivity index (χ4n) is 2.64. The summed E-state index contributed by atoms with van der Waals surface area (Å²) in [6, 6.07) is 1.97. The highest BCUT2D eigenvalue weighted by molar-refractivity contribution is 4.99. The van der Waals surface area contributed by atoms with Gasteiger partial charge in [0.05, 0.1) is 24.5 Å². The molecule has 1 fully saturated rings. The van der Waals surface area contributed by atoms with E-state index in [4.69, 9.17) is 4.74 Å². The number of aliphatic hydroxyl groups is 1. The molecule has 5 heteroatoms. The number of aliphatic hydroxyl groups excluding tert-OH is 1. The molecule has 5 nitrogen and oxygen atoms in total. The molecule has 114 valence electrons. The van der Waals surface area contributed by atoms with Crippen LogP contribution in [0.5, 0.6) is 0 Å². The largest absolute Gasteiger partial charge is 0.389 e. The average Bonchev–Trinajstić information content (AvgIpc) is 2.84. The Kier molecular flexibility index (Phi) is 6.01. The van der Waals surface area contributed by atoms with Crippen LogP contribution in [0.4, 0.5) is 0 Å². The Morgan fingerprint density at radius 3 is 2.85 bits per heavy atom. The summed E-state index contributed by atoms with van der Waals surface area (Å²) in [4.78, 5) is 0. The van der Waals surface area contributed by atoms with Gasteiger partial charge in [-0.3, -0.25) is 4.68 Å². The van der Waals surface area contributed by atoms with E-state index in [2.05, 4.69) is 17.3 Å². The predicted molar refractivity (Wildman–Crippen MR) is 78.3 cm³/mol. The normalized spacial score (nSPS) is 24.8. The summed E-state index contributed by atoms with van der Waals surface area (Å²) in [6.45, 7) is 3.99. The first-order valence-corrected chi connectivity index (χ1v) is 7.62. The van der Waals surface area contributed by atoms with Gasteiger partial charge in [-0.05, 0) is 37.7 Å². The molecule has 2 rings (SSSR count). The van der Waals surface area contributed by atoms with Gasteiger partial charge in [0.15, 0.2) is 0 Å². The molecule has 1 aromatic rings. The molecule has 0 radical (unpaired) electrons. The highest BCUT2D eigenvalue weighted by Gasteiger charge is 2.19. The number of aryl methyl sites for hydroxylation is 1. The van der Waals surface area contributed by atoms with Crippen LogP contribution in [0.15, 0.2) is 12.3 Å². The van der Waals surface area contributed by atoms with Gasteiger partial charge in [0.1, 0.15) is 0 Å². The summed E-state index contributed by atoms with van der Waals surface area (Å²) < 4.78 is 7.63. The summed E-state index contributed by atoms with van der Waals surface area (Å²) in [7, 11) is 1.92. The fourth-order valence-corrected chi connectivity index (χ4v) is 2.64. The first-order valence-electron chi connectivity index (χ1n) is 7.62. The minimum absolute atomic E-state index is 0.345. The molecule has 1 aliphatic rings. The molecule has 0 amide bonds. The molecule has 0 bridgehead atoms. The van der Waals surface area contributed by atoms with Crippen molar-refractivity contribution in [2.24, 2.45) is 13.0 Å². The van der Waals surface area contributed by atoms with Gasteiger partial charge in [-0.2, -0.15) is 5.10 Å². The van der Waals surface area contributed by atoms with Crippen molar-refractivity contribution in [1.29, 1.82) is 0 Å². The van der Waals surface area contributed by atoms with Crippen molar-refractivity contribution in [3.05, 3.63) is 18.0 Å². The maximum atomic E-state index is 9.92. The number of hydrogen-bond acceptors (Lipinski definition) is 4. The highest BCUT2D eigenvalue weighted by Crippen LogP contribution is 2.25. The molecule has 1 unspecified atom stereocenters. The van der Waals surface area contributed by atoms with Crippen LogP contribution in [0.2, 0.25) is 0 Å². The number of ether oxygens (including phenoxy) is 1. The summed E-state index contributed by atoms with van der Waals surface area (Å²) in [5, 5.41) is 17.3. The van der Waals surface area contributed by atoms with Gasteiger partial charge in [0.25, 0.3) is 0 Å². The van der Waals surface area contributed by atoms with Crippen LogP contribution in [0, 0.1) is 5.92 Å². The van der Waals surface area contributed by atoms with Crippen LogP contribution < -0.4 is 5.32 Å². The van der Waals surface area contributed by atoms with E-state index >= 15 is 0 Å². The van der Waals surface area contributed by atoms with Gasteiger partial charge in [0.2, 0.25) is 0 Å². The second-order valence-corrected chi connectivity index (χ2v) is 5.95. The zero-order valence-corrected chi connectivity index (χ0v) is 12.6. The second-order valence-electron chi connectivity index (χ2n) is 5.95. The lowest BCUT2D eigenvalue weighted by atomic mass is 9.89. The lowest BCUT2D eigenvalue weighted by Crippen LogP contribution is -2.33. The molecule has 1 atom stereocenters. The monoisotopic (exact) mass is 281 g/mol. The van der Waals surface area contributed by atoms with Gasteiger partial charge in [0, 0.05) is 26.3 Å². The lowest BCUT2D eigenvalue weighted by molar-refractivity contribution is -0.0279. The number of nitrogens with one attached hydrogen (secondary N) is 1. The second kappa shape index (κ2) is 7.76. The smallest absolute Gasteiger partial charge is 0.0897 e. The van der Waals surface area contributed by atoms with Crippen molar-refractivity contribution >= 4 is 0 Å². The van der Waals surface area contributed by atoms with E-state index in [1.165, 1.54) is 12.8 Å². The van der Waals surface area contributed by atoms with E-state index in [9.17, 15) is 5.11 Å². The molecule has 0 saturated heterocycles. The third-order valence-electron chi connectivity index (χ3n) is 4.10. The van der Waals surface area contributed by atoms with E-state index in [1.54, 1.807) is 6.20 Å². The molecule has 20 heavy (non-hydrogen) atoms. The minimum Gasteiger partial charge on any atom is -0.389 e. The van der Waals surface area contributed by atoms with Crippen molar-refractivity contribution in [3.63, 3.8) is 0 Å². The molecule has 1 aliphatic carbocycles. The lowest BCUT2D eigenvalue weighted by Gasteiger charge is -2.27. The van der Waals surface area contributed by atoms with Gasteiger partial charge >= 0.3 is 0 Å². The number of hydrogen-bond donors (Lipinski definition) is 2. The predicted octanol–water partition coefficient (Wildman–Crippen LogP) is 1.47. The van der Waals surface area contributed by atoms with Gasteiger partial charge in [-0.25, -0.2) is 0 Å². The van der Waals surface area contributed by atoms with E-state index in [0.29, 0.717) is 25.8 Å². The third-order valence-corrected chi connectivity index (χ3v) is 4.10. The highest BCUT2D eigenvalue weighted by atomic mass is 16.5. The Labute approximate surface area is 121 Å². The summed E-state index contributed by atoms with van der Waals surface area (Å²) in [6.07, 6.45) is 6.45. The van der Waals surface area contributed by atoms with E-state index in [1.807, 2.05) is 17.8 Å². The zero-order chi connectivity index (χ0) is 14.4. The molecular weight excluding hydrogens is 254 g/mol. The van der Waals surface area contributed by atoms with Crippen LogP contribution in [0.25, 0.3) is 0 Å². The van der Waals surface area contributed by atoms with E-state index in [0.717, 1.165) is 24.5 Å². The Balaban J connectivity index is 1.56. The van der Waals surface area contributed by atoms with Crippen molar-refractivity contribution < 1.29 is 9.84 Å². The van der Waals surface area contributed by atoms with Crippen LogP contribution in [-0.2, 0) is 18.3 Å². The van der Waals surface area contributed by atoms with Gasteiger partial charge in [-0.1, -0.05) is 6.92 Å². The van der Waals surface area contributed by atoms with Crippen LogP contribution in [0.3, 0.4) is 0 Å². The molecule has 0 spiro atoms. The fraction of sp³-hybridized carbons (Fsp3) is 0.800. The summed E-state index contributed by atoms with van der Waals surface area (Å²) in [5.41, 5.74) is 1.11. The quantitative estimate of drug-likeness (QED) is 0.794. The molecule has 1 aromatic heterocycles. The Morgan fingerprint density at radius 1 is 1.45 bits per heavy atom. The van der Waals surface area contributed by atoms with Crippen molar-refractivity contribution in [1.82, 2.24) is 15.1 Å². The number of rotatable bonds is 7. The van der Waals surface area contributed by atoms with Gasteiger partial charge < -0.3 is 15.2 Å². The van der Waals surface area contributed by atoms with Crippen LogP contribution in [0.1, 0.15) is 38.3 Å². The SMILES string of the molecule is CC1CCC(OCC(O)CNCc2ccnn2C)CC1. The first-order chi connectivity index (χ1) is 9.65. The van der Waals surface area contributed by atoms with Crippen LogP contribution in [-0.4, -0.2) is 40.2 Å². The maximum Gasteiger partial charge on any atom is 0.0897 e.